The first-order valence-corrected chi connectivity index (χ1v) is 8.43. The summed E-state index contributed by atoms with van der Waals surface area (Å²) in [6.45, 7) is 0. The minimum Gasteiger partial charge on any atom is -0.496 e. The highest BCUT2D eigenvalue weighted by atomic mass is 127. The van der Waals surface area contributed by atoms with E-state index in [0.29, 0.717) is 5.69 Å². The number of carbonyl (C=O) groups excluding carboxylic acids is 1. The Morgan fingerprint density at radius 2 is 2.00 bits per heavy atom. The van der Waals surface area contributed by atoms with Gasteiger partial charge in [-0.3, -0.25) is 4.79 Å². The van der Waals surface area contributed by atoms with E-state index in [1.54, 1.807) is 37.5 Å². The van der Waals surface area contributed by atoms with Crippen molar-refractivity contribution in [3.63, 3.8) is 0 Å². The summed E-state index contributed by atoms with van der Waals surface area (Å²) in [5.74, 6) is 0.307. The van der Waals surface area contributed by atoms with Crippen LogP contribution in [0.5, 0.6) is 5.75 Å². The Morgan fingerprint density at radius 3 is 2.57 bits per heavy atom. The number of methoxy groups -OCH3 is 1. The lowest BCUT2D eigenvalue weighted by Crippen LogP contribution is -2.13. The van der Waals surface area contributed by atoms with Crippen molar-refractivity contribution in [1.82, 2.24) is 0 Å². The van der Waals surface area contributed by atoms with Crippen LogP contribution in [-0.2, 0) is 4.79 Å². The van der Waals surface area contributed by atoms with E-state index in [1.165, 1.54) is 0 Å². The number of nitrogens with zero attached hydrogens (tertiary/aromatic N) is 1. The van der Waals surface area contributed by atoms with E-state index >= 15 is 0 Å². The summed E-state index contributed by atoms with van der Waals surface area (Å²) >= 11 is 5.47. The first-order valence-electron chi connectivity index (χ1n) is 6.55. The van der Waals surface area contributed by atoms with Crippen LogP contribution >= 0.6 is 38.5 Å². The fourth-order valence-corrected chi connectivity index (χ4v) is 2.84. The molecule has 6 heteroatoms. The van der Waals surface area contributed by atoms with Crippen molar-refractivity contribution in [2.45, 2.75) is 0 Å². The third-order valence-corrected chi connectivity index (χ3v) is 4.33. The summed E-state index contributed by atoms with van der Waals surface area (Å²) in [6.07, 6.45) is 1.55. The minimum atomic E-state index is -0.444. The van der Waals surface area contributed by atoms with E-state index in [1.807, 2.05) is 24.3 Å². The third-order valence-electron chi connectivity index (χ3n) is 2.95. The molecule has 0 unspecified atom stereocenters. The number of ether oxygens (including phenoxy) is 1. The van der Waals surface area contributed by atoms with Gasteiger partial charge >= 0.3 is 0 Å². The number of hydrogen-bond acceptors (Lipinski definition) is 3. The summed E-state index contributed by atoms with van der Waals surface area (Å²) in [6, 6.07) is 14.5. The van der Waals surface area contributed by atoms with Gasteiger partial charge in [0.25, 0.3) is 5.91 Å². The quantitative estimate of drug-likeness (QED) is 0.393. The molecule has 0 atom stereocenters. The topological polar surface area (TPSA) is 62.1 Å². The molecule has 0 radical (unpaired) electrons. The lowest BCUT2D eigenvalue weighted by Gasteiger charge is -2.06. The second kappa shape index (κ2) is 8.13. The molecule has 2 rings (SSSR count). The summed E-state index contributed by atoms with van der Waals surface area (Å²) in [4.78, 5) is 12.2. The first kappa shape index (κ1) is 17.5. The Morgan fingerprint density at radius 1 is 1.30 bits per heavy atom. The molecule has 1 N–H and O–H groups in total. The largest absolute Gasteiger partial charge is 0.496 e. The van der Waals surface area contributed by atoms with E-state index in [4.69, 9.17) is 4.74 Å². The summed E-state index contributed by atoms with van der Waals surface area (Å²) in [5.41, 5.74) is 1.43. The molecule has 23 heavy (non-hydrogen) atoms. The Balaban J connectivity index is 2.21. The molecular formula is C17H12BrIN2O2. The smallest absolute Gasteiger partial charge is 0.266 e. The van der Waals surface area contributed by atoms with Crippen LogP contribution < -0.4 is 10.1 Å². The van der Waals surface area contributed by atoms with Gasteiger partial charge in [0.2, 0.25) is 0 Å². The average molecular weight is 483 g/mol. The number of halogens is 2. The van der Waals surface area contributed by atoms with Gasteiger partial charge in [-0.05, 0) is 70.6 Å². The fourth-order valence-electron chi connectivity index (χ4n) is 1.82. The third kappa shape index (κ3) is 4.81. The van der Waals surface area contributed by atoms with E-state index in [0.717, 1.165) is 19.4 Å². The van der Waals surface area contributed by atoms with Crippen molar-refractivity contribution in [2.75, 3.05) is 12.4 Å². The molecule has 2 aromatic rings. The molecule has 116 valence electrons. The fraction of sp³-hybridized carbons (Fsp3) is 0.0588. The van der Waals surface area contributed by atoms with Crippen molar-refractivity contribution in [1.29, 1.82) is 5.26 Å². The summed E-state index contributed by atoms with van der Waals surface area (Å²) in [5, 5.41) is 11.9. The number of nitrogens with one attached hydrogen (secondary N) is 1. The molecule has 0 spiro atoms. The lowest BCUT2D eigenvalue weighted by atomic mass is 10.1. The average Bonchev–Trinajstić information content (AvgIpc) is 2.54. The van der Waals surface area contributed by atoms with Crippen LogP contribution in [0.15, 0.2) is 52.5 Å². The van der Waals surface area contributed by atoms with Crippen LogP contribution in [0.2, 0.25) is 0 Å². The van der Waals surface area contributed by atoms with Crippen LogP contribution in [0.1, 0.15) is 5.56 Å². The molecule has 1 amide bonds. The van der Waals surface area contributed by atoms with Crippen molar-refractivity contribution < 1.29 is 9.53 Å². The van der Waals surface area contributed by atoms with Crippen LogP contribution in [0.3, 0.4) is 0 Å². The number of hydrogen-bond donors (Lipinski definition) is 1. The number of anilines is 1. The molecule has 0 bridgehead atoms. The van der Waals surface area contributed by atoms with Crippen LogP contribution in [0, 0.1) is 14.9 Å². The van der Waals surface area contributed by atoms with E-state index in [2.05, 4.69) is 43.8 Å². The molecule has 0 aliphatic heterocycles. The van der Waals surface area contributed by atoms with Crippen molar-refractivity contribution >= 4 is 56.2 Å². The number of benzene rings is 2. The lowest BCUT2D eigenvalue weighted by molar-refractivity contribution is -0.112. The number of rotatable bonds is 4. The van der Waals surface area contributed by atoms with E-state index in [-0.39, 0.29) is 5.57 Å². The van der Waals surface area contributed by atoms with E-state index < -0.39 is 5.91 Å². The van der Waals surface area contributed by atoms with Gasteiger partial charge in [0.1, 0.15) is 17.4 Å². The highest BCUT2D eigenvalue weighted by Gasteiger charge is 2.10. The zero-order valence-electron chi connectivity index (χ0n) is 12.1. The van der Waals surface area contributed by atoms with Crippen LogP contribution in [0.4, 0.5) is 5.69 Å². The molecule has 0 saturated carbocycles. The summed E-state index contributed by atoms with van der Waals surface area (Å²) < 4.78 is 7.01. The van der Waals surface area contributed by atoms with Gasteiger partial charge in [-0.25, -0.2) is 0 Å². The Hall–Kier alpha value is -1.85. The van der Waals surface area contributed by atoms with Gasteiger partial charge in [0.15, 0.2) is 0 Å². The molecule has 0 fully saturated rings. The Bertz CT molecular complexity index is 795. The van der Waals surface area contributed by atoms with Crippen LogP contribution in [0.25, 0.3) is 6.08 Å². The van der Waals surface area contributed by atoms with Gasteiger partial charge in [-0.15, -0.1) is 0 Å². The van der Waals surface area contributed by atoms with Gasteiger partial charge < -0.3 is 10.1 Å². The zero-order chi connectivity index (χ0) is 16.8. The molecule has 0 saturated heterocycles. The summed E-state index contributed by atoms with van der Waals surface area (Å²) in [7, 11) is 1.60. The van der Waals surface area contributed by atoms with Gasteiger partial charge in [0.05, 0.1) is 10.7 Å². The van der Waals surface area contributed by atoms with Gasteiger partial charge in [0, 0.05) is 10.2 Å². The predicted molar refractivity (Wildman–Crippen MR) is 102 cm³/mol. The maximum absolute atomic E-state index is 12.2. The Labute approximate surface area is 156 Å². The SMILES string of the molecule is COc1ccc(/C=C(/C#N)C(=O)Nc2ccc(Br)cc2)cc1I. The molecular weight excluding hydrogens is 471 g/mol. The van der Waals surface area contributed by atoms with Gasteiger partial charge in [-0.2, -0.15) is 5.26 Å². The minimum absolute atomic E-state index is 0.0360. The molecule has 0 aromatic heterocycles. The molecule has 0 aliphatic carbocycles. The monoisotopic (exact) mass is 482 g/mol. The van der Waals surface area contributed by atoms with Crippen molar-refractivity contribution in [2.24, 2.45) is 0 Å². The van der Waals surface area contributed by atoms with Gasteiger partial charge in [-0.1, -0.05) is 22.0 Å². The highest BCUT2D eigenvalue weighted by Crippen LogP contribution is 2.23. The standard InChI is InChI=1S/C17H12BrIN2O2/c1-23-16-7-2-11(9-15(16)19)8-12(10-20)17(22)21-14-5-3-13(18)4-6-14/h2-9H,1H3,(H,21,22)/b12-8-. The normalized spacial score (nSPS) is 10.8. The second-order valence-electron chi connectivity index (χ2n) is 4.52. The zero-order valence-corrected chi connectivity index (χ0v) is 15.9. The van der Waals surface area contributed by atoms with E-state index in [9.17, 15) is 10.1 Å². The molecule has 0 heterocycles. The van der Waals surface area contributed by atoms with Crippen molar-refractivity contribution in [3.05, 3.63) is 61.6 Å². The second-order valence-corrected chi connectivity index (χ2v) is 6.60. The highest BCUT2D eigenvalue weighted by molar-refractivity contribution is 14.1. The number of nitriles is 1. The maximum Gasteiger partial charge on any atom is 0.266 e. The first-order chi connectivity index (χ1) is 11.0. The molecule has 2 aromatic carbocycles. The molecule has 0 aliphatic rings. The maximum atomic E-state index is 12.2. The number of amides is 1. The Kier molecular flexibility index (Phi) is 6.19. The van der Waals surface area contributed by atoms with Crippen LogP contribution in [-0.4, -0.2) is 13.0 Å². The predicted octanol–water partition coefficient (Wildman–Crippen LogP) is 4.61. The number of carbonyl (C=O) groups is 1. The van der Waals surface area contributed by atoms with Crippen molar-refractivity contribution in [3.8, 4) is 11.8 Å². The molecule has 4 nitrogen and oxygen atoms in total.